The first-order chi connectivity index (χ1) is 9.04. The molecular weight excluding hydrogens is 298 g/mol. The number of nitrogens with zero attached hydrogens (tertiary/aromatic N) is 2. The van der Waals surface area contributed by atoms with Crippen LogP contribution in [0.4, 0.5) is 0 Å². The maximum absolute atomic E-state index is 12.7. The Kier molecular flexibility index (Phi) is 10.0. The highest BCUT2D eigenvalue weighted by Crippen LogP contribution is 2.19. The lowest BCUT2D eigenvalue weighted by molar-refractivity contribution is 0.245. The summed E-state index contributed by atoms with van der Waals surface area (Å²) in [6.07, 6.45) is 4.63. The Hall–Kier alpha value is 0.120. The van der Waals surface area contributed by atoms with Crippen LogP contribution in [0.2, 0.25) is 0 Å². The predicted octanol–water partition coefficient (Wildman–Crippen LogP) is 1.85. The van der Waals surface area contributed by atoms with Crippen LogP contribution in [0.1, 0.15) is 46.0 Å². The fraction of sp³-hybridized carbons (Fsp3) is 1.00. The van der Waals surface area contributed by atoms with Crippen LogP contribution in [0.3, 0.4) is 0 Å². The summed E-state index contributed by atoms with van der Waals surface area (Å²) in [6.45, 7) is 7.19. The fourth-order valence-electron chi connectivity index (χ4n) is 2.48. The second kappa shape index (κ2) is 9.95. The molecule has 0 aromatic carbocycles. The van der Waals surface area contributed by atoms with Gasteiger partial charge in [-0.2, -0.15) is 17.0 Å². The monoisotopic (exact) mass is 327 g/mol. The zero-order chi connectivity index (χ0) is 14.3. The number of nitrogens with one attached hydrogen (secondary N) is 1. The molecule has 0 aromatic heterocycles. The highest BCUT2D eigenvalue weighted by molar-refractivity contribution is 7.86. The third-order valence-electron chi connectivity index (χ3n) is 3.68. The van der Waals surface area contributed by atoms with Crippen molar-refractivity contribution in [2.75, 3.05) is 33.2 Å². The van der Waals surface area contributed by atoms with E-state index in [1.165, 1.54) is 4.31 Å². The maximum Gasteiger partial charge on any atom is 0.281 e. The van der Waals surface area contributed by atoms with Crippen LogP contribution < -0.4 is 5.32 Å². The van der Waals surface area contributed by atoms with E-state index in [2.05, 4.69) is 12.2 Å². The Balaban J connectivity index is 0.00000361. The van der Waals surface area contributed by atoms with Crippen LogP contribution in [-0.4, -0.2) is 56.3 Å². The molecule has 20 heavy (non-hydrogen) atoms. The van der Waals surface area contributed by atoms with Gasteiger partial charge in [-0.3, -0.25) is 0 Å². The summed E-state index contributed by atoms with van der Waals surface area (Å²) < 4.78 is 28.6. The first-order valence-electron chi connectivity index (χ1n) is 7.47. The molecule has 0 aromatic rings. The van der Waals surface area contributed by atoms with Crippen molar-refractivity contribution in [2.24, 2.45) is 0 Å². The lowest BCUT2D eigenvalue weighted by Crippen LogP contribution is -2.51. The Labute approximate surface area is 130 Å². The minimum Gasteiger partial charge on any atom is -0.317 e. The predicted molar refractivity (Wildman–Crippen MR) is 86.6 cm³/mol. The third kappa shape index (κ3) is 5.48. The van der Waals surface area contributed by atoms with Crippen molar-refractivity contribution in [2.45, 2.75) is 52.0 Å². The van der Waals surface area contributed by atoms with Crippen LogP contribution in [-0.2, 0) is 10.2 Å². The van der Waals surface area contributed by atoms with Crippen molar-refractivity contribution in [3.05, 3.63) is 0 Å². The molecule has 1 aliphatic heterocycles. The van der Waals surface area contributed by atoms with E-state index in [1.807, 2.05) is 6.92 Å². The molecule has 5 nitrogen and oxygen atoms in total. The smallest absolute Gasteiger partial charge is 0.281 e. The van der Waals surface area contributed by atoms with Crippen LogP contribution in [0.15, 0.2) is 0 Å². The largest absolute Gasteiger partial charge is 0.317 e. The second-order valence-electron chi connectivity index (χ2n) is 5.27. The number of rotatable bonds is 8. The molecule has 0 aliphatic carbocycles. The molecule has 0 amide bonds. The summed E-state index contributed by atoms with van der Waals surface area (Å²) >= 11 is 0. The Morgan fingerprint density at radius 2 is 1.70 bits per heavy atom. The maximum atomic E-state index is 12.7. The van der Waals surface area contributed by atoms with Crippen molar-refractivity contribution in [1.29, 1.82) is 0 Å². The van der Waals surface area contributed by atoms with Gasteiger partial charge in [-0.15, -0.1) is 12.4 Å². The van der Waals surface area contributed by atoms with Gasteiger partial charge in [-0.25, -0.2) is 0 Å². The summed E-state index contributed by atoms with van der Waals surface area (Å²) in [5.74, 6) is 0. The molecule has 0 bridgehead atoms. The van der Waals surface area contributed by atoms with Crippen LogP contribution in [0.25, 0.3) is 0 Å². The Bertz CT molecular complexity index is 346. The molecule has 0 unspecified atom stereocenters. The first-order valence-corrected chi connectivity index (χ1v) is 8.87. The van der Waals surface area contributed by atoms with E-state index < -0.39 is 10.2 Å². The first kappa shape index (κ1) is 20.1. The average Bonchev–Trinajstić information content (AvgIpc) is 2.42. The van der Waals surface area contributed by atoms with Crippen molar-refractivity contribution in [1.82, 2.24) is 13.9 Å². The van der Waals surface area contributed by atoms with Gasteiger partial charge in [0.05, 0.1) is 0 Å². The van der Waals surface area contributed by atoms with Gasteiger partial charge in [-0.1, -0.05) is 20.3 Å². The SMILES string of the molecule is CCCCN(C)S(=O)(=O)N(CCC)C1CCNCC1.Cl. The zero-order valence-electron chi connectivity index (χ0n) is 13.0. The molecule has 0 atom stereocenters. The normalized spacial score (nSPS) is 17.4. The van der Waals surface area contributed by atoms with Gasteiger partial charge in [0.1, 0.15) is 0 Å². The average molecular weight is 328 g/mol. The van der Waals surface area contributed by atoms with E-state index in [1.54, 1.807) is 11.4 Å². The number of unbranched alkanes of at least 4 members (excludes halogenated alkanes) is 1. The van der Waals surface area contributed by atoms with Gasteiger partial charge in [0.25, 0.3) is 10.2 Å². The van der Waals surface area contributed by atoms with Crippen LogP contribution in [0, 0.1) is 0 Å². The van der Waals surface area contributed by atoms with Crippen LogP contribution in [0.5, 0.6) is 0 Å². The van der Waals surface area contributed by atoms with Gasteiger partial charge < -0.3 is 5.32 Å². The lowest BCUT2D eigenvalue weighted by Gasteiger charge is -2.36. The molecule has 0 radical (unpaired) electrons. The van der Waals surface area contributed by atoms with Crippen molar-refractivity contribution in [3.63, 3.8) is 0 Å². The summed E-state index contributed by atoms with van der Waals surface area (Å²) in [6, 6.07) is 0.162. The third-order valence-corrected chi connectivity index (χ3v) is 5.72. The molecule has 1 fully saturated rings. The quantitative estimate of drug-likeness (QED) is 0.740. The van der Waals surface area contributed by atoms with Gasteiger partial charge >= 0.3 is 0 Å². The minimum absolute atomic E-state index is 0. The topological polar surface area (TPSA) is 52.7 Å². The molecule has 7 heteroatoms. The van der Waals surface area contributed by atoms with E-state index in [0.29, 0.717) is 13.1 Å². The number of hydrogen-bond donors (Lipinski definition) is 1. The molecule has 1 rings (SSSR count). The Morgan fingerprint density at radius 3 is 2.20 bits per heavy atom. The van der Waals surface area contributed by atoms with Gasteiger partial charge in [0, 0.05) is 26.2 Å². The second-order valence-corrected chi connectivity index (χ2v) is 7.26. The summed E-state index contributed by atoms with van der Waals surface area (Å²) in [5.41, 5.74) is 0. The zero-order valence-corrected chi connectivity index (χ0v) is 14.6. The number of piperidine rings is 1. The van der Waals surface area contributed by atoms with E-state index in [4.69, 9.17) is 0 Å². The molecule has 1 aliphatic rings. The molecule has 1 N–H and O–H groups in total. The van der Waals surface area contributed by atoms with Crippen molar-refractivity contribution in [3.8, 4) is 0 Å². The number of hydrogen-bond acceptors (Lipinski definition) is 3. The standard InChI is InChI=1S/C13H29N3O2S.ClH/c1-4-6-12-15(3)19(17,18)16(11-5-2)13-7-9-14-10-8-13;/h13-14H,4-12H2,1-3H3;1H. The molecular formula is C13H30ClN3O2S. The molecule has 0 spiro atoms. The van der Waals surface area contributed by atoms with Crippen LogP contribution >= 0.6 is 12.4 Å². The van der Waals surface area contributed by atoms with E-state index in [0.717, 1.165) is 45.2 Å². The molecule has 1 saturated heterocycles. The number of halogens is 1. The van der Waals surface area contributed by atoms with Crippen molar-refractivity contribution >= 4 is 22.6 Å². The Morgan fingerprint density at radius 1 is 1.10 bits per heavy atom. The van der Waals surface area contributed by atoms with E-state index in [9.17, 15) is 8.42 Å². The van der Waals surface area contributed by atoms with E-state index in [-0.39, 0.29) is 18.4 Å². The van der Waals surface area contributed by atoms with Gasteiger partial charge in [0.15, 0.2) is 0 Å². The molecule has 122 valence electrons. The fourth-order valence-corrected chi connectivity index (χ4v) is 4.20. The van der Waals surface area contributed by atoms with Crippen molar-refractivity contribution < 1.29 is 8.42 Å². The highest BCUT2D eigenvalue weighted by atomic mass is 35.5. The van der Waals surface area contributed by atoms with Gasteiger partial charge in [-0.05, 0) is 38.8 Å². The summed E-state index contributed by atoms with van der Waals surface area (Å²) in [5, 5.41) is 3.29. The van der Waals surface area contributed by atoms with Gasteiger partial charge in [0.2, 0.25) is 0 Å². The summed E-state index contributed by atoms with van der Waals surface area (Å²) in [7, 11) is -1.59. The molecule has 1 heterocycles. The lowest BCUT2D eigenvalue weighted by atomic mass is 10.1. The van der Waals surface area contributed by atoms with E-state index >= 15 is 0 Å². The minimum atomic E-state index is -3.30. The highest BCUT2D eigenvalue weighted by Gasteiger charge is 2.32. The molecule has 0 saturated carbocycles. The summed E-state index contributed by atoms with van der Waals surface area (Å²) in [4.78, 5) is 0.